The van der Waals surface area contributed by atoms with E-state index in [1.165, 1.54) is 0 Å². The van der Waals surface area contributed by atoms with Gasteiger partial charge in [-0.05, 0) is 47.7 Å². The van der Waals surface area contributed by atoms with Crippen LogP contribution in [0.5, 0.6) is 0 Å². The molecule has 0 radical (unpaired) electrons. The van der Waals surface area contributed by atoms with Gasteiger partial charge in [0.2, 0.25) is 0 Å². The lowest BCUT2D eigenvalue weighted by molar-refractivity contribution is 0.0697. The molecule has 0 aliphatic carbocycles. The summed E-state index contributed by atoms with van der Waals surface area (Å²) in [6.45, 7) is 4.06. The second-order valence-corrected chi connectivity index (χ2v) is 9.01. The zero-order valence-corrected chi connectivity index (χ0v) is 20.3. The molecule has 5 rings (SSSR count). The highest BCUT2D eigenvalue weighted by molar-refractivity contribution is 5.96. The van der Waals surface area contributed by atoms with Crippen LogP contribution in [0.1, 0.15) is 47.9 Å². The average Bonchev–Trinajstić information content (AvgIpc) is 3.24. The molecule has 8 nitrogen and oxygen atoms in total. The van der Waals surface area contributed by atoms with E-state index in [2.05, 4.69) is 16.8 Å². The van der Waals surface area contributed by atoms with Crippen molar-refractivity contribution in [2.45, 2.75) is 39.2 Å². The number of amides is 2. The molecule has 2 aromatic carbocycles. The van der Waals surface area contributed by atoms with E-state index in [1.54, 1.807) is 17.0 Å². The standard InChI is InChI=1S/C28H29N5O3/c1-2-3-9-24-30-23-14-15-25(32-17-6-16-29-28(32)36)31-26(23)33(24)18-19-10-12-20(13-11-19)21-7-4-5-8-22(21)27(34)35/h4-5,7-8,10-15H,2-3,6,9,16-18H2,1H3,(H,29,36)(H,34,35). The van der Waals surface area contributed by atoms with E-state index in [9.17, 15) is 14.7 Å². The van der Waals surface area contributed by atoms with Gasteiger partial charge in [-0.15, -0.1) is 0 Å². The van der Waals surface area contributed by atoms with Gasteiger partial charge in [-0.25, -0.2) is 19.6 Å². The van der Waals surface area contributed by atoms with Crippen molar-refractivity contribution in [3.05, 3.63) is 77.6 Å². The minimum atomic E-state index is -0.940. The molecule has 36 heavy (non-hydrogen) atoms. The first-order chi connectivity index (χ1) is 17.5. The van der Waals surface area contributed by atoms with Gasteiger partial charge in [-0.3, -0.25) is 4.90 Å². The summed E-state index contributed by atoms with van der Waals surface area (Å²) in [5.74, 6) is 0.660. The number of carboxylic acids is 1. The molecule has 1 saturated heterocycles. The highest BCUT2D eigenvalue weighted by Crippen LogP contribution is 2.26. The van der Waals surface area contributed by atoms with E-state index in [0.29, 0.717) is 31.0 Å². The highest BCUT2D eigenvalue weighted by atomic mass is 16.4. The van der Waals surface area contributed by atoms with Crippen LogP contribution in [0.25, 0.3) is 22.3 Å². The number of hydrogen-bond donors (Lipinski definition) is 2. The Morgan fingerprint density at radius 1 is 1.06 bits per heavy atom. The minimum absolute atomic E-state index is 0.123. The van der Waals surface area contributed by atoms with Crippen molar-refractivity contribution in [1.29, 1.82) is 0 Å². The number of aromatic carboxylic acids is 1. The largest absolute Gasteiger partial charge is 0.478 e. The number of nitrogens with one attached hydrogen (secondary N) is 1. The van der Waals surface area contributed by atoms with Crippen molar-refractivity contribution in [1.82, 2.24) is 19.9 Å². The van der Waals surface area contributed by atoms with E-state index >= 15 is 0 Å². The first kappa shape index (κ1) is 23.5. The monoisotopic (exact) mass is 483 g/mol. The number of carbonyl (C=O) groups excluding carboxylic acids is 1. The zero-order valence-electron chi connectivity index (χ0n) is 20.3. The van der Waals surface area contributed by atoms with Crippen LogP contribution in [0.2, 0.25) is 0 Å². The van der Waals surface area contributed by atoms with Crippen molar-refractivity contribution >= 4 is 29.0 Å². The molecule has 2 amide bonds. The summed E-state index contributed by atoms with van der Waals surface area (Å²) in [6.07, 6.45) is 3.81. The number of urea groups is 1. The Kier molecular flexibility index (Phi) is 6.66. The Morgan fingerprint density at radius 2 is 1.86 bits per heavy atom. The number of fused-ring (bicyclic) bond motifs is 1. The molecule has 3 heterocycles. The topological polar surface area (TPSA) is 100 Å². The van der Waals surface area contributed by atoms with Crippen LogP contribution in [-0.4, -0.2) is 44.7 Å². The van der Waals surface area contributed by atoms with Crippen LogP contribution in [-0.2, 0) is 13.0 Å². The maximum absolute atomic E-state index is 12.4. The molecule has 0 saturated carbocycles. The molecule has 184 valence electrons. The van der Waals surface area contributed by atoms with Gasteiger partial charge in [0.25, 0.3) is 0 Å². The minimum Gasteiger partial charge on any atom is -0.478 e. The fourth-order valence-electron chi connectivity index (χ4n) is 4.62. The predicted octanol–water partition coefficient (Wildman–Crippen LogP) is 5.11. The number of carbonyl (C=O) groups is 2. The maximum atomic E-state index is 12.4. The molecule has 0 atom stereocenters. The fraction of sp³-hybridized carbons (Fsp3) is 0.286. The normalized spacial score (nSPS) is 13.7. The number of benzene rings is 2. The van der Waals surface area contributed by atoms with E-state index in [0.717, 1.165) is 53.8 Å². The Labute approximate surface area is 209 Å². The quantitative estimate of drug-likeness (QED) is 0.363. The summed E-state index contributed by atoms with van der Waals surface area (Å²) in [5, 5.41) is 12.4. The number of unbranched alkanes of at least 4 members (excludes halogenated alkanes) is 1. The van der Waals surface area contributed by atoms with Crippen LogP contribution < -0.4 is 10.2 Å². The number of pyridine rings is 1. The molecule has 0 unspecified atom stereocenters. The average molecular weight is 484 g/mol. The molecule has 0 spiro atoms. The summed E-state index contributed by atoms with van der Waals surface area (Å²) >= 11 is 0. The third-order valence-corrected chi connectivity index (χ3v) is 6.53. The molecule has 1 aliphatic rings. The summed E-state index contributed by atoms with van der Waals surface area (Å²) in [6, 6.07) is 18.7. The van der Waals surface area contributed by atoms with E-state index in [4.69, 9.17) is 9.97 Å². The third-order valence-electron chi connectivity index (χ3n) is 6.53. The maximum Gasteiger partial charge on any atom is 0.336 e. The molecule has 1 fully saturated rings. The molecule has 2 aromatic heterocycles. The molecule has 2 N–H and O–H groups in total. The third kappa shape index (κ3) is 4.66. The molecule has 8 heteroatoms. The second-order valence-electron chi connectivity index (χ2n) is 9.01. The number of hydrogen-bond acceptors (Lipinski definition) is 4. The Morgan fingerprint density at radius 3 is 2.61 bits per heavy atom. The first-order valence-corrected chi connectivity index (χ1v) is 12.4. The van der Waals surface area contributed by atoms with E-state index < -0.39 is 5.97 Å². The van der Waals surface area contributed by atoms with E-state index in [1.807, 2.05) is 48.5 Å². The smallest absolute Gasteiger partial charge is 0.336 e. The van der Waals surface area contributed by atoms with Gasteiger partial charge in [0.1, 0.15) is 17.2 Å². The lowest BCUT2D eigenvalue weighted by Gasteiger charge is -2.26. The molecule has 4 aromatic rings. The summed E-state index contributed by atoms with van der Waals surface area (Å²) < 4.78 is 2.14. The lowest BCUT2D eigenvalue weighted by Crippen LogP contribution is -2.46. The molecular formula is C28H29N5O3. The van der Waals surface area contributed by atoms with Crippen LogP contribution in [0.15, 0.2) is 60.7 Å². The highest BCUT2D eigenvalue weighted by Gasteiger charge is 2.22. The second kappa shape index (κ2) is 10.2. The number of aromatic nitrogens is 3. The number of nitrogens with zero attached hydrogens (tertiary/aromatic N) is 4. The molecule has 1 aliphatic heterocycles. The summed E-state index contributed by atoms with van der Waals surface area (Å²) in [4.78, 5) is 35.4. The number of anilines is 1. The number of aryl methyl sites for hydroxylation is 1. The number of carboxylic acid groups (broad SMARTS) is 1. The van der Waals surface area contributed by atoms with Crippen molar-refractivity contribution < 1.29 is 14.7 Å². The van der Waals surface area contributed by atoms with Gasteiger partial charge in [-0.1, -0.05) is 55.8 Å². The predicted molar refractivity (Wildman–Crippen MR) is 139 cm³/mol. The summed E-state index contributed by atoms with van der Waals surface area (Å²) in [7, 11) is 0. The van der Waals surface area contributed by atoms with Gasteiger partial charge in [0.15, 0.2) is 5.65 Å². The number of rotatable bonds is 8. The SMILES string of the molecule is CCCCc1nc2ccc(N3CCCNC3=O)nc2n1Cc1ccc(-c2ccccc2C(=O)O)cc1. The van der Waals surface area contributed by atoms with E-state index in [-0.39, 0.29) is 11.6 Å². The van der Waals surface area contributed by atoms with Crippen LogP contribution in [0, 0.1) is 0 Å². The Balaban J connectivity index is 1.49. The lowest BCUT2D eigenvalue weighted by atomic mass is 9.99. The summed E-state index contributed by atoms with van der Waals surface area (Å²) in [5.41, 5.74) is 4.47. The fourth-order valence-corrected chi connectivity index (χ4v) is 4.62. The van der Waals surface area contributed by atoms with Gasteiger partial charge in [0, 0.05) is 19.5 Å². The van der Waals surface area contributed by atoms with Crippen LogP contribution >= 0.6 is 0 Å². The molecule has 0 bridgehead atoms. The van der Waals surface area contributed by atoms with Gasteiger partial charge < -0.3 is 15.0 Å². The Hall–Kier alpha value is -4.20. The van der Waals surface area contributed by atoms with Gasteiger partial charge in [-0.2, -0.15) is 0 Å². The van der Waals surface area contributed by atoms with Gasteiger partial charge >= 0.3 is 12.0 Å². The molecular weight excluding hydrogens is 454 g/mol. The van der Waals surface area contributed by atoms with Crippen LogP contribution in [0.4, 0.5) is 10.6 Å². The van der Waals surface area contributed by atoms with Crippen molar-refractivity contribution in [3.63, 3.8) is 0 Å². The van der Waals surface area contributed by atoms with Crippen LogP contribution in [0.3, 0.4) is 0 Å². The van der Waals surface area contributed by atoms with Gasteiger partial charge in [0.05, 0.1) is 12.1 Å². The number of imidazole rings is 1. The zero-order chi connectivity index (χ0) is 25.1. The van der Waals surface area contributed by atoms with Crippen molar-refractivity contribution in [3.8, 4) is 11.1 Å². The van der Waals surface area contributed by atoms with Crippen molar-refractivity contribution in [2.24, 2.45) is 0 Å². The Bertz CT molecular complexity index is 1410. The first-order valence-electron chi connectivity index (χ1n) is 12.4. The van der Waals surface area contributed by atoms with Crippen molar-refractivity contribution in [2.75, 3.05) is 18.0 Å².